The van der Waals surface area contributed by atoms with Crippen molar-refractivity contribution in [1.29, 1.82) is 0 Å². The molecule has 26 heavy (non-hydrogen) atoms. The zero-order valence-electron chi connectivity index (χ0n) is 14.7. The van der Waals surface area contributed by atoms with Crippen LogP contribution in [0.4, 0.5) is 0 Å². The summed E-state index contributed by atoms with van der Waals surface area (Å²) in [5.41, 5.74) is 3.52. The van der Waals surface area contributed by atoms with E-state index in [9.17, 15) is 0 Å². The zero-order valence-corrected chi connectivity index (χ0v) is 15.6. The van der Waals surface area contributed by atoms with Gasteiger partial charge in [0.1, 0.15) is 0 Å². The second-order valence-electron chi connectivity index (χ2n) is 6.46. The van der Waals surface area contributed by atoms with Gasteiger partial charge in [-0.1, -0.05) is 36.4 Å². The Morgan fingerprint density at radius 1 is 1.04 bits per heavy atom. The highest BCUT2D eigenvalue weighted by Gasteiger charge is 2.40. The molecular weight excluding hydrogens is 340 g/mol. The van der Waals surface area contributed by atoms with E-state index >= 15 is 0 Å². The predicted octanol–water partition coefficient (Wildman–Crippen LogP) is 4.08. The summed E-state index contributed by atoms with van der Waals surface area (Å²) in [5.74, 6) is 0. The molecule has 1 aliphatic heterocycles. The molecule has 1 N–H and O–H groups in total. The first kappa shape index (κ1) is 16.8. The molecule has 1 aromatic carbocycles. The van der Waals surface area contributed by atoms with Crippen molar-refractivity contribution in [2.24, 2.45) is 0 Å². The van der Waals surface area contributed by atoms with Crippen molar-refractivity contribution in [2.45, 2.75) is 32.1 Å². The molecule has 0 unspecified atom stereocenters. The molecule has 1 aliphatic rings. The van der Waals surface area contributed by atoms with Crippen LogP contribution in [-0.4, -0.2) is 19.6 Å². The average molecular weight is 363 g/mol. The van der Waals surface area contributed by atoms with Crippen LogP contribution in [-0.2, 0) is 13.1 Å². The maximum absolute atomic E-state index is 5.72. The Kier molecular flexibility index (Phi) is 4.71. The number of aromatic nitrogens is 2. The van der Waals surface area contributed by atoms with Crippen LogP contribution in [0.25, 0.3) is 0 Å². The Morgan fingerprint density at radius 2 is 1.85 bits per heavy atom. The molecule has 0 aliphatic carbocycles. The number of hydrogen-bond donors (Lipinski definition) is 1. The monoisotopic (exact) mass is 362 g/mol. The molecule has 1 saturated heterocycles. The fraction of sp³-hybridized carbons (Fsp3) is 0.238. The number of nitrogens with one attached hydrogen (secondary N) is 1. The minimum absolute atomic E-state index is 0.0348. The molecule has 132 valence electrons. The van der Waals surface area contributed by atoms with Crippen molar-refractivity contribution in [2.75, 3.05) is 0 Å². The lowest BCUT2D eigenvalue weighted by Gasteiger charge is -2.28. The standard InChI is InChI=1S/C21H22N4S/c1-2-24-14-8-12-18(24)20-19(17-11-6-7-13-22-17)23-21(26)25(20)15-16-9-4-3-5-10-16/h3-14,19-20H,2,15H2,1H3,(H,23,26)/t19-,20-/m0/s1. The van der Waals surface area contributed by atoms with Gasteiger partial charge < -0.3 is 14.8 Å². The maximum atomic E-state index is 5.72. The molecule has 3 heterocycles. The second-order valence-corrected chi connectivity index (χ2v) is 6.85. The quantitative estimate of drug-likeness (QED) is 0.694. The number of pyridine rings is 1. The van der Waals surface area contributed by atoms with E-state index in [-0.39, 0.29) is 12.1 Å². The maximum Gasteiger partial charge on any atom is 0.170 e. The highest BCUT2D eigenvalue weighted by Crippen LogP contribution is 2.39. The van der Waals surface area contributed by atoms with Crippen LogP contribution in [0.5, 0.6) is 0 Å². The lowest BCUT2D eigenvalue weighted by atomic mass is 10.0. The SMILES string of the molecule is CCn1cccc1[C@H]1[C@H](c2ccccn2)NC(=S)N1Cc1ccccc1. The van der Waals surface area contributed by atoms with E-state index in [1.165, 1.54) is 11.3 Å². The summed E-state index contributed by atoms with van der Waals surface area (Å²) in [7, 11) is 0. The molecule has 0 amide bonds. The first-order valence-electron chi connectivity index (χ1n) is 8.95. The minimum atomic E-state index is 0.0348. The zero-order chi connectivity index (χ0) is 17.9. The summed E-state index contributed by atoms with van der Waals surface area (Å²) >= 11 is 5.72. The topological polar surface area (TPSA) is 33.1 Å². The van der Waals surface area contributed by atoms with Gasteiger partial charge in [-0.05, 0) is 49.0 Å². The van der Waals surface area contributed by atoms with E-state index in [4.69, 9.17) is 12.2 Å². The van der Waals surface area contributed by atoms with Gasteiger partial charge in [-0.3, -0.25) is 4.98 Å². The van der Waals surface area contributed by atoms with Crippen LogP contribution in [0.15, 0.2) is 73.1 Å². The second kappa shape index (κ2) is 7.30. The smallest absolute Gasteiger partial charge is 0.170 e. The van der Waals surface area contributed by atoms with Crippen LogP contribution in [0.2, 0.25) is 0 Å². The van der Waals surface area contributed by atoms with Gasteiger partial charge in [-0.15, -0.1) is 0 Å². The number of hydrogen-bond acceptors (Lipinski definition) is 2. The third kappa shape index (κ3) is 3.10. The molecule has 4 rings (SSSR count). The highest BCUT2D eigenvalue weighted by atomic mass is 32.1. The first-order valence-corrected chi connectivity index (χ1v) is 9.35. The highest BCUT2D eigenvalue weighted by molar-refractivity contribution is 7.80. The molecule has 4 nitrogen and oxygen atoms in total. The molecule has 5 heteroatoms. The van der Waals surface area contributed by atoms with Crippen molar-refractivity contribution in [3.05, 3.63) is 90.0 Å². The van der Waals surface area contributed by atoms with Crippen LogP contribution in [0.3, 0.4) is 0 Å². The van der Waals surface area contributed by atoms with Crippen LogP contribution < -0.4 is 5.32 Å². The Bertz CT molecular complexity index is 875. The third-order valence-corrected chi connectivity index (χ3v) is 5.25. The van der Waals surface area contributed by atoms with Gasteiger partial charge in [0.05, 0.1) is 17.8 Å². The van der Waals surface area contributed by atoms with E-state index in [1.807, 2.05) is 24.4 Å². The minimum Gasteiger partial charge on any atom is -0.352 e. The number of benzene rings is 1. The predicted molar refractivity (Wildman–Crippen MR) is 108 cm³/mol. The van der Waals surface area contributed by atoms with Gasteiger partial charge in [0, 0.05) is 31.2 Å². The van der Waals surface area contributed by atoms with Crippen LogP contribution >= 0.6 is 12.2 Å². The molecule has 0 saturated carbocycles. The Morgan fingerprint density at radius 3 is 2.58 bits per heavy atom. The Labute approximate surface area is 159 Å². The summed E-state index contributed by atoms with van der Waals surface area (Å²) < 4.78 is 2.29. The average Bonchev–Trinajstić information content (AvgIpc) is 3.28. The third-order valence-electron chi connectivity index (χ3n) is 4.90. The molecule has 2 aromatic heterocycles. The van der Waals surface area contributed by atoms with Crippen LogP contribution in [0, 0.1) is 0 Å². The van der Waals surface area contributed by atoms with Crippen LogP contribution in [0.1, 0.15) is 36.0 Å². The fourth-order valence-electron chi connectivity index (χ4n) is 3.66. The number of rotatable bonds is 5. The van der Waals surface area contributed by atoms with E-state index < -0.39 is 0 Å². The molecule has 3 aromatic rings. The van der Waals surface area contributed by atoms with Gasteiger partial charge in [0.25, 0.3) is 0 Å². The van der Waals surface area contributed by atoms with Gasteiger partial charge in [-0.25, -0.2) is 0 Å². The Balaban J connectivity index is 1.75. The molecule has 0 radical (unpaired) electrons. The van der Waals surface area contributed by atoms with E-state index in [1.54, 1.807) is 0 Å². The number of aryl methyl sites for hydroxylation is 1. The van der Waals surface area contributed by atoms with Crippen molar-refractivity contribution in [3.8, 4) is 0 Å². The number of nitrogens with zero attached hydrogens (tertiary/aromatic N) is 3. The first-order chi connectivity index (χ1) is 12.8. The summed E-state index contributed by atoms with van der Waals surface area (Å²) in [6.45, 7) is 3.87. The largest absolute Gasteiger partial charge is 0.352 e. The van der Waals surface area contributed by atoms with Gasteiger partial charge in [-0.2, -0.15) is 0 Å². The molecule has 2 atom stereocenters. The lowest BCUT2D eigenvalue weighted by Crippen LogP contribution is -2.30. The van der Waals surface area contributed by atoms with E-state index in [2.05, 4.69) is 75.4 Å². The van der Waals surface area contributed by atoms with Gasteiger partial charge >= 0.3 is 0 Å². The molecule has 0 spiro atoms. The molecule has 1 fully saturated rings. The lowest BCUT2D eigenvalue weighted by molar-refractivity contribution is 0.297. The molecule has 0 bridgehead atoms. The van der Waals surface area contributed by atoms with Crippen molar-refractivity contribution >= 4 is 17.3 Å². The summed E-state index contributed by atoms with van der Waals surface area (Å²) in [6.07, 6.45) is 3.97. The van der Waals surface area contributed by atoms with E-state index in [0.717, 1.165) is 23.9 Å². The fourth-order valence-corrected chi connectivity index (χ4v) is 3.97. The summed E-state index contributed by atoms with van der Waals surface area (Å²) in [5, 5.41) is 4.29. The van der Waals surface area contributed by atoms with E-state index in [0.29, 0.717) is 0 Å². The summed E-state index contributed by atoms with van der Waals surface area (Å²) in [4.78, 5) is 6.88. The van der Waals surface area contributed by atoms with Crippen molar-refractivity contribution < 1.29 is 0 Å². The van der Waals surface area contributed by atoms with Gasteiger partial charge in [0.2, 0.25) is 0 Å². The van der Waals surface area contributed by atoms with Gasteiger partial charge in [0.15, 0.2) is 5.11 Å². The number of thiocarbonyl (C=S) groups is 1. The summed E-state index contributed by atoms with van der Waals surface area (Å²) in [6, 6.07) is 21.0. The normalized spacial score (nSPS) is 19.6. The molecular formula is C21H22N4S. The van der Waals surface area contributed by atoms with Crippen molar-refractivity contribution in [3.63, 3.8) is 0 Å². The Hall–Kier alpha value is -2.66. The van der Waals surface area contributed by atoms with Crippen molar-refractivity contribution in [1.82, 2.24) is 19.8 Å².